The zero-order valence-electron chi connectivity index (χ0n) is 7.35. The molecule has 13 heavy (non-hydrogen) atoms. The Morgan fingerprint density at radius 1 is 1.23 bits per heavy atom. The lowest BCUT2D eigenvalue weighted by Gasteiger charge is -1.95. The maximum Gasteiger partial charge on any atom is 0.0995 e. The van der Waals surface area contributed by atoms with Crippen LogP contribution in [0.2, 0.25) is 0 Å². The molecule has 0 aromatic heterocycles. The molecule has 0 unspecified atom stereocenters. The van der Waals surface area contributed by atoms with Gasteiger partial charge >= 0.3 is 0 Å². The van der Waals surface area contributed by atoms with Crippen molar-refractivity contribution in [2.24, 2.45) is 5.73 Å². The number of rotatable bonds is 4. The Balaban J connectivity index is 0.00000144. The largest absolute Gasteiger partial charge is 0.500 e. The van der Waals surface area contributed by atoms with Gasteiger partial charge in [-0.3, -0.25) is 0 Å². The van der Waals surface area contributed by atoms with Crippen molar-refractivity contribution in [3.8, 4) is 0 Å². The average Bonchev–Trinajstić information content (AvgIpc) is 2.14. The lowest BCUT2D eigenvalue weighted by Crippen LogP contribution is -2.04. The summed E-state index contributed by atoms with van der Waals surface area (Å²) in [5.41, 5.74) is 6.38. The molecule has 72 valence electrons. The van der Waals surface area contributed by atoms with Crippen LogP contribution < -0.4 is 5.73 Å². The van der Waals surface area contributed by atoms with Gasteiger partial charge in [0.05, 0.1) is 12.9 Å². The molecule has 0 saturated carbocycles. The monoisotopic (exact) mass is 199 g/mol. The molecule has 0 radical (unpaired) electrons. The van der Waals surface area contributed by atoms with E-state index in [2.05, 4.69) is 0 Å². The number of halogens is 1. The van der Waals surface area contributed by atoms with Gasteiger partial charge in [0.1, 0.15) is 0 Å². The molecule has 1 aromatic carbocycles. The van der Waals surface area contributed by atoms with E-state index in [1.807, 2.05) is 36.4 Å². The highest BCUT2D eigenvalue weighted by Crippen LogP contribution is 2.00. The summed E-state index contributed by atoms with van der Waals surface area (Å²) in [6.45, 7) is 1.13. The molecular weight excluding hydrogens is 186 g/mol. The summed E-state index contributed by atoms with van der Waals surface area (Å²) in [5.74, 6) is 0. The number of hydrogen-bond acceptors (Lipinski definition) is 2. The molecule has 0 aliphatic carbocycles. The van der Waals surface area contributed by atoms with Gasteiger partial charge in [-0.2, -0.15) is 0 Å². The highest BCUT2D eigenvalue weighted by molar-refractivity contribution is 5.85. The molecule has 3 heteroatoms. The van der Waals surface area contributed by atoms with Crippen LogP contribution >= 0.6 is 12.4 Å². The van der Waals surface area contributed by atoms with Gasteiger partial charge in [-0.25, -0.2) is 0 Å². The molecule has 1 aromatic rings. The summed E-state index contributed by atoms with van der Waals surface area (Å²) in [4.78, 5) is 0. The third-order valence-electron chi connectivity index (χ3n) is 1.39. The van der Waals surface area contributed by atoms with Crippen molar-refractivity contribution in [1.29, 1.82) is 0 Å². The van der Waals surface area contributed by atoms with Crippen LogP contribution in [-0.4, -0.2) is 13.2 Å². The zero-order chi connectivity index (χ0) is 8.65. The van der Waals surface area contributed by atoms with Gasteiger partial charge in [-0.15, -0.1) is 12.4 Å². The normalized spacial score (nSPS) is 9.62. The number of ether oxygens (including phenoxy) is 1. The average molecular weight is 200 g/mol. The fourth-order valence-corrected chi connectivity index (χ4v) is 0.827. The Kier molecular flexibility index (Phi) is 7.07. The molecular formula is C10H14ClNO. The SMILES string of the molecule is Cl.NCCOC=Cc1ccccc1. The van der Waals surface area contributed by atoms with Gasteiger partial charge in [0.2, 0.25) is 0 Å². The summed E-state index contributed by atoms with van der Waals surface area (Å²) in [5, 5.41) is 0. The molecule has 0 saturated heterocycles. The topological polar surface area (TPSA) is 35.2 Å². The minimum absolute atomic E-state index is 0. The highest BCUT2D eigenvalue weighted by Gasteiger charge is 1.81. The van der Waals surface area contributed by atoms with Crippen LogP contribution in [0.1, 0.15) is 5.56 Å². The van der Waals surface area contributed by atoms with Crippen molar-refractivity contribution in [3.63, 3.8) is 0 Å². The predicted molar refractivity (Wildman–Crippen MR) is 57.7 cm³/mol. The lowest BCUT2D eigenvalue weighted by molar-refractivity contribution is 0.262. The zero-order valence-corrected chi connectivity index (χ0v) is 8.17. The Labute approximate surface area is 84.8 Å². The van der Waals surface area contributed by atoms with Crippen molar-refractivity contribution in [2.75, 3.05) is 13.2 Å². The molecule has 2 nitrogen and oxygen atoms in total. The number of benzene rings is 1. The van der Waals surface area contributed by atoms with Crippen LogP contribution in [-0.2, 0) is 4.74 Å². The predicted octanol–water partition coefficient (Wildman–Crippen LogP) is 2.05. The smallest absolute Gasteiger partial charge is 0.0995 e. The molecule has 0 aliphatic heterocycles. The summed E-state index contributed by atoms with van der Waals surface area (Å²) in [6.07, 6.45) is 3.58. The summed E-state index contributed by atoms with van der Waals surface area (Å²) >= 11 is 0. The van der Waals surface area contributed by atoms with Crippen LogP contribution in [0.3, 0.4) is 0 Å². The summed E-state index contributed by atoms with van der Waals surface area (Å²) < 4.78 is 5.08. The Morgan fingerprint density at radius 2 is 1.92 bits per heavy atom. The highest BCUT2D eigenvalue weighted by atomic mass is 35.5. The second-order valence-corrected chi connectivity index (χ2v) is 2.37. The van der Waals surface area contributed by atoms with E-state index in [1.54, 1.807) is 6.26 Å². The molecule has 0 aliphatic rings. The van der Waals surface area contributed by atoms with Crippen LogP contribution in [0.25, 0.3) is 6.08 Å². The number of nitrogens with two attached hydrogens (primary N) is 1. The van der Waals surface area contributed by atoms with E-state index in [1.165, 1.54) is 0 Å². The summed E-state index contributed by atoms with van der Waals surface area (Å²) in [7, 11) is 0. The van der Waals surface area contributed by atoms with E-state index in [-0.39, 0.29) is 12.4 Å². The van der Waals surface area contributed by atoms with Crippen molar-refractivity contribution in [2.45, 2.75) is 0 Å². The van der Waals surface area contributed by atoms with E-state index in [4.69, 9.17) is 10.5 Å². The van der Waals surface area contributed by atoms with E-state index in [0.29, 0.717) is 13.2 Å². The Bertz CT molecular complexity index is 236. The molecule has 0 spiro atoms. The van der Waals surface area contributed by atoms with Gasteiger partial charge < -0.3 is 10.5 Å². The minimum Gasteiger partial charge on any atom is -0.500 e. The Morgan fingerprint density at radius 3 is 2.54 bits per heavy atom. The fourth-order valence-electron chi connectivity index (χ4n) is 0.827. The van der Waals surface area contributed by atoms with Crippen LogP contribution in [0, 0.1) is 0 Å². The third kappa shape index (κ3) is 5.28. The second-order valence-electron chi connectivity index (χ2n) is 2.37. The molecule has 2 N–H and O–H groups in total. The maximum atomic E-state index is 5.25. The third-order valence-corrected chi connectivity index (χ3v) is 1.39. The van der Waals surface area contributed by atoms with Crippen LogP contribution in [0.15, 0.2) is 36.6 Å². The van der Waals surface area contributed by atoms with Crippen molar-refractivity contribution >= 4 is 18.5 Å². The second kappa shape index (κ2) is 7.65. The van der Waals surface area contributed by atoms with Gasteiger partial charge in [-0.05, 0) is 11.6 Å². The molecule has 0 atom stereocenters. The van der Waals surface area contributed by atoms with E-state index in [0.717, 1.165) is 5.56 Å². The van der Waals surface area contributed by atoms with Crippen molar-refractivity contribution in [3.05, 3.63) is 42.2 Å². The minimum atomic E-state index is 0. The summed E-state index contributed by atoms with van der Waals surface area (Å²) in [6, 6.07) is 9.99. The number of hydrogen-bond donors (Lipinski definition) is 1. The van der Waals surface area contributed by atoms with Crippen molar-refractivity contribution in [1.82, 2.24) is 0 Å². The van der Waals surface area contributed by atoms with Gasteiger partial charge in [0.15, 0.2) is 0 Å². The lowest BCUT2D eigenvalue weighted by atomic mass is 10.2. The molecule has 0 bridgehead atoms. The quantitative estimate of drug-likeness (QED) is 0.595. The van der Waals surface area contributed by atoms with Crippen LogP contribution in [0.5, 0.6) is 0 Å². The fraction of sp³-hybridized carbons (Fsp3) is 0.200. The van der Waals surface area contributed by atoms with E-state index in [9.17, 15) is 0 Å². The van der Waals surface area contributed by atoms with Gasteiger partial charge in [0.25, 0.3) is 0 Å². The standard InChI is InChI=1S/C10H13NO.ClH/c11-7-9-12-8-6-10-4-2-1-3-5-10;/h1-6,8H,7,9,11H2;1H. The first-order chi connectivity index (χ1) is 5.93. The first-order valence-electron chi connectivity index (χ1n) is 3.97. The molecule has 0 heterocycles. The van der Waals surface area contributed by atoms with E-state index >= 15 is 0 Å². The van der Waals surface area contributed by atoms with Crippen LogP contribution in [0.4, 0.5) is 0 Å². The maximum absolute atomic E-state index is 5.25. The first-order valence-corrected chi connectivity index (χ1v) is 3.97. The Hall–Kier alpha value is -0.990. The van der Waals surface area contributed by atoms with E-state index < -0.39 is 0 Å². The molecule has 1 rings (SSSR count). The van der Waals surface area contributed by atoms with Crippen molar-refractivity contribution < 1.29 is 4.74 Å². The molecule has 0 amide bonds. The van der Waals surface area contributed by atoms with Gasteiger partial charge in [0, 0.05) is 6.54 Å². The molecule has 0 fully saturated rings. The van der Waals surface area contributed by atoms with Gasteiger partial charge in [-0.1, -0.05) is 30.3 Å². The first kappa shape index (κ1) is 12.0.